The number of benzene rings is 1. The number of rotatable bonds is 3. The van der Waals surface area contributed by atoms with E-state index in [4.69, 9.17) is 5.73 Å². The Morgan fingerprint density at radius 2 is 1.90 bits per heavy atom. The molecule has 1 aromatic rings. The molecule has 0 unspecified atom stereocenters. The van der Waals surface area contributed by atoms with Gasteiger partial charge in [0.05, 0.1) is 6.04 Å². The Hall–Kier alpha value is -1.88. The fraction of sp³-hybridized carbons (Fsp3) is 0.500. The average Bonchev–Trinajstić information content (AvgIpc) is 2.47. The van der Waals surface area contributed by atoms with Gasteiger partial charge in [-0.1, -0.05) is 18.2 Å². The van der Waals surface area contributed by atoms with Crippen LogP contribution in [0, 0.1) is 6.92 Å². The Kier molecular flexibility index (Phi) is 4.96. The van der Waals surface area contributed by atoms with Gasteiger partial charge in [0, 0.05) is 24.7 Å². The van der Waals surface area contributed by atoms with E-state index in [1.165, 1.54) is 0 Å². The second-order valence-electron chi connectivity index (χ2n) is 5.68. The summed E-state index contributed by atoms with van der Waals surface area (Å²) < 4.78 is 0. The molecule has 5 heteroatoms. The highest BCUT2D eigenvalue weighted by Crippen LogP contribution is 2.13. The molecule has 0 aromatic heterocycles. The summed E-state index contributed by atoms with van der Waals surface area (Å²) >= 11 is 0. The smallest absolute Gasteiger partial charge is 0.251 e. The van der Waals surface area contributed by atoms with Crippen LogP contribution >= 0.6 is 0 Å². The van der Waals surface area contributed by atoms with Gasteiger partial charge in [-0.2, -0.15) is 0 Å². The minimum Gasteiger partial charge on any atom is -0.349 e. The third-order valence-corrected chi connectivity index (χ3v) is 3.92. The van der Waals surface area contributed by atoms with E-state index >= 15 is 0 Å². The van der Waals surface area contributed by atoms with Gasteiger partial charge in [0.15, 0.2) is 0 Å². The van der Waals surface area contributed by atoms with Crippen molar-refractivity contribution in [2.24, 2.45) is 5.73 Å². The summed E-state index contributed by atoms with van der Waals surface area (Å²) in [5.41, 5.74) is 7.30. The summed E-state index contributed by atoms with van der Waals surface area (Å²) in [4.78, 5) is 25.8. The van der Waals surface area contributed by atoms with Crippen LogP contribution in [0.15, 0.2) is 24.3 Å². The minimum atomic E-state index is -0.455. The Balaban J connectivity index is 1.88. The zero-order chi connectivity index (χ0) is 15.4. The maximum absolute atomic E-state index is 12.2. The monoisotopic (exact) mass is 289 g/mol. The average molecular weight is 289 g/mol. The molecule has 1 atom stereocenters. The molecule has 2 amide bonds. The van der Waals surface area contributed by atoms with Crippen molar-refractivity contribution in [3.63, 3.8) is 0 Å². The van der Waals surface area contributed by atoms with Crippen LogP contribution in [0.4, 0.5) is 0 Å². The molecule has 114 valence electrons. The second kappa shape index (κ2) is 6.72. The van der Waals surface area contributed by atoms with Crippen LogP contribution in [0.25, 0.3) is 0 Å². The lowest BCUT2D eigenvalue weighted by molar-refractivity contribution is -0.133. The van der Waals surface area contributed by atoms with Crippen molar-refractivity contribution >= 4 is 11.8 Å². The standard InChI is InChI=1S/C16H23N3O2/c1-11-5-3-4-6-14(11)15(20)18-13-7-9-19(10-8-13)16(21)12(2)17/h3-6,12-13H,7-10,17H2,1-2H3,(H,18,20)/t12-/m1/s1. The van der Waals surface area contributed by atoms with Crippen LogP contribution in [-0.2, 0) is 4.79 Å². The van der Waals surface area contributed by atoms with Gasteiger partial charge in [0.25, 0.3) is 5.91 Å². The number of piperidine rings is 1. The van der Waals surface area contributed by atoms with Crippen molar-refractivity contribution < 1.29 is 9.59 Å². The van der Waals surface area contributed by atoms with Gasteiger partial charge in [-0.25, -0.2) is 0 Å². The molecule has 1 fully saturated rings. The van der Waals surface area contributed by atoms with Crippen molar-refractivity contribution in [3.05, 3.63) is 35.4 Å². The van der Waals surface area contributed by atoms with Crippen LogP contribution in [0.5, 0.6) is 0 Å². The van der Waals surface area contributed by atoms with Gasteiger partial charge >= 0.3 is 0 Å². The molecule has 21 heavy (non-hydrogen) atoms. The summed E-state index contributed by atoms with van der Waals surface area (Å²) in [5.74, 6) is -0.0521. The van der Waals surface area contributed by atoms with Crippen molar-refractivity contribution in [2.45, 2.75) is 38.8 Å². The highest BCUT2D eigenvalue weighted by atomic mass is 16.2. The molecule has 5 nitrogen and oxygen atoms in total. The van der Waals surface area contributed by atoms with E-state index in [-0.39, 0.29) is 17.9 Å². The first-order valence-corrected chi connectivity index (χ1v) is 7.40. The molecule has 1 aliphatic heterocycles. The first-order chi connectivity index (χ1) is 9.99. The van der Waals surface area contributed by atoms with Gasteiger partial charge < -0.3 is 16.0 Å². The van der Waals surface area contributed by atoms with Crippen LogP contribution in [-0.4, -0.2) is 41.9 Å². The molecule has 1 aromatic carbocycles. The molecule has 0 spiro atoms. The minimum absolute atomic E-state index is 0.0151. The summed E-state index contributed by atoms with van der Waals surface area (Å²) in [7, 11) is 0. The number of likely N-dealkylation sites (tertiary alicyclic amines) is 1. The van der Waals surface area contributed by atoms with Crippen molar-refractivity contribution in [1.29, 1.82) is 0 Å². The van der Waals surface area contributed by atoms with Crippen molar-refractivity contribution in [3.8, 4) is 0 Å². The molecule has 3 N–H and O–H groups in total. The number of nitrogens with two attached hydrogens (primary N) is 1. The van der Waals surface area contributed by atoms with E-state index < -0.39 is 6.04 Å². The molecule has 0 bridgehead atoms. The van der Waals surface area contributed by atoms with E-state index in [2.05, 4.69) is 5.32 Å². The molecule has 0 saturated carbocycles. The molecule has 1 saturated heterocycles. The topological polar surface area (TPSA) is 75.4 Å². The Morgan fingerprint density at radius 1 is 1.29 bits per heavy atom. The molecular weight excluding hydrogens is 266 g/mol. The van der Waals surface area contributed by atoms with E-state index in [9.17, 15) is 9.59 Å². The maximum atomic E-state index is 12.2. The van der Waals surface area contributed by atoms with Gasteiger partial charge in [0.1, 0.15) is 0 Å². The second-order valence-corrected chi connectivity index (χ2v) is 5.68. The van der Waals surface area contributed by atoms with Crippen LogP contribution < -0.4 is 11.1 Å². The summed E-state index contributed by atoms with van der Waals surface area (Å²) in [5, 5.41) is 3.06. The Labute approximate surface area is 125 Å². The number of amides is 2. The number of carbonyl (C=O) groups excluding carboxylic acids is 2. The third-order valence-electron chi connectivity index (χ3n) is 3.92. The largest absolute Gasteiger partial charge is 0.349 e. The predicted octanol–water partition coefficient (Wildman–Crippen LogP) is 1.06. The number of nitrogens with one attached hydrogen (secondary N) is 1. The molecule has 1 heterocycles. The fourth-order valence-corrected chi connectivity index (χ4v) is 2.62. The highest BCUT2D eigenvalue weighted by molar-refractivity contribution is 5.95. The fourth-order valence-electron chi connectivity index (χ4n) is 2.62. The Morgan fingerprint density at radius 3 is 2.48 bits per heavy atom. The summed E-state index contributed by atoms with van der Waals surface area (Å²) in [6.45, 7) is 4.94. The molecular formula is C16H23N3O2. The lowest BCUT2D eigenvalue weighted by Gasteiger charge is -2.33. The number of aryl methyl sites for hydroxylation is 1. The van der Waals surface area contributed by atoms with E-state index in [1.807, 2.05) is 31.2 Å². The van der Waals surface area contributed by atoms with Gasteiger partial charge in [-0.3, -0.25) is 9.59 Å². The third kappa shape index (κ3) is 3.82. The predicted molar refractivity (Wildman–Crippen MR) is 81.9 cm³/mol. The SMILES string of the molecule is Cc1ccccc1C(=O)NC1CCN(C(=O)[C@@H](C)N)CC1. The quantitative estimate of drug-likeness (QED) is 0.874. The Bertz CT molecular complexity index is 520. The van der Waals surface area contributed by atoms with Crippen molar-refractivity contribution in [1.82, 2.24) is 10.2 Å². The molecule has 1 aliphatic rings. The van der Waals surface area contributed by atoms with E-state index in [1.54, 1.807) is 11.8 Å². The molecule has 2 rings (SSSR count). The lowest BCUT2D eigenvalue weighted by atomic mass is 10.0. The van der Waals surface area contributed by atoms with Crippen molar-refractivity contribution in [2.75, 3.05) is 13.1 Å². The van der Waals surface area contributed by atoms with Gasteiger partial charge in [-0.05, 0) is 38.3 Å². The van der Waals surface area contributed by atoms with E-state index in [0.717, 1.165) is 18.4 Å². The van der Waals surface area contributed by atoms with Crippen LogP contribution in [0.3, 0.4) is 0 Å². The summed E-state index contributed by atoms with van der Waals surface area (Å²) in [6.07, 6.45) is 1.55. The summed E-state index contributed by atoms with van der Waals surface area (Å²) in [6, 6.07) is 7.21. The molecule has 0 radical (unpaired) electrons. The van der Waals surface area contributed by atoms with E-state index in [0.29, 0.717) is 18.7 Å². The van der Waals surface area contributed by atoms with Crippen LogP contribution in [0.1, 0.15) is 35.7 Å². The van der Waals surface area contributed by atoms with Gasteiger partial charge in [-0.15, -0.1) is 0 Å². The number of hydrogen-bond acceptors (Lipinski definition) is 3. The number of nitrogens with zero attached hydrogens (tertiary/aromatic N) is 1. The number of carbonyl (C=O) groups is 2. The zero-order valence-corrected chi connectivity index (χ0v) is 12.6. The normalized spacial score (nSPS) is 17.4. The molecule has 0 aliphatic carbocycles. The number of hydrogen-bond donors (Lipinski definition) is 2. The van der Waals surface area contributed by atoms with Gasteiger partial charge in [0.2, 0.25) is 5.91 Å². The maximum Gasteiger partial charge on any atom is 0.251 e. The first kappa shape index (κ1) is 15.5. The lowest BCUT2D eigenvalue weighted by Crippen LogP contribution is -2.50. The van der Waals surface area contributed by atoms with Crippen LogP contribution in [0.2, 0.25) is 0 Å². The first-order valence-electron chi connectivity index (χ1n) is 7.40. The highest BCUT2D eigenvalue weighted by Gasteiger charge is 2.25. The zero-order valence-electron chi connectivity index (χ0n) is 12.6.